The molecule has 1 saturated heterocycles. The molecule has 3 nitrogen and oxygen atoms in total. The molecule has 1 aliphatic heterocycles. The van der Waals surface area contributed by atoms with Gasteiger partial charge in [-0.15, -0.1) is 0 Å². The lowest BCUT2D eigenvalue weighted by atomic mass is 9.99. The van der Waals surface area contributed by atoms with Crippen LogP contribution in [0.2, 0.25) is 0 Å². The molecule has 4 heteroatoms. The fourth-order valence-electron chi connectivity index (χ4n) is 2.90. The van der Waals surface area contributed by atoms with E-state index < -0.39 is 0 Å². The standard InChI is InChI=1S/C14H12BrNO2/c15-12-9-4-7-17-13(9)11(10-2-1-5-16-10)8-3-6-18-14(8)12/h3-4,6-7,10,16H,1-2,5H2. The van der Waals surface area contributed by atoms with Crippen LogP contribution in [-0.2, 0) is 0 Å². The summed E-state index contributed by atoms with van der Waals surface area (Å²) in [6.07, 6.45) is 5.85. The van der Waals surface area contributed by atoms with Crippen LogP contribution >= 0.6 is 15.9 Å². The first-order chi connectivity index (χ1) is 8.86. The fraction of sp³-hybridized carbons (Fsp3) is 0.286. The largest absolute Gasteiger partial charge is 0.464 e. The topological polar surface area (TPSA) is 38.3 Å². The molecule has 1 atom stereocenters. The quantitative estimate of drug-likeness (QED) is 0.725. The van der Waals surface area contributed by atoms with E-state index in [0.717, 1.165) is 39.4 Å². The van der Waals surface area contributed by atoms with Crippen molar-refractivity contribution in [2.45, 2.75) is 18.9 Å². The SMILES string of the molecule is Brc1c2ccoc2c(C2CCCN2)c2ccoc12. The van der Waals surface area contributed by atoms with Gasteiger partial charge in [-0.1, -0.05) is 0 Å². The summed E-state index contributed by atoms with van der Waals surface area (Å²) in [7, 11) is 0. The van der Waals surface area contributed by atoms with Gasteiger partial charge in [-0.2, -0.15) is 0 Å². The Labute approximate surface area is 112 Å². The van der Waals surface area contributed by atoms with Crippen LogP contribution in [0.25, 0.3) is 21.9 Å². The van der Waals surface area contributed by atoms with Gasteiger partial charge in [-0.05, 0) is 47.4 Å². The van der Waals surface area contributed by atoms with Crippen LogP contribution in [-0.4, -0.2) is 6.54 Å². The maximum absolute atomic E-state index is 5.71. The molecule has 1 unspecified atom stereocenters. The number of halogens is 1. The summed E-state index contributed by atoms with van der Waals surface area (Å²) in [5.41, 5.74) is 3.11. The van der Waals surface area contributed by atoms with Gasteiger partial charge in [-0.3, -0.25) is 0 Å². The van der Waals surface area contributed by atoms with Gasteiger partial charge >= 0.3 is 0 Å². The molecule has 2 aromatic heterocycles. The zero-order valence-corrected chi connectivity index (χ0v) is 11.3. The van der Waals surface area contributed by atoms with E-state index in [1.165, 1.54) is 12.0 Å². The van der Waals surface area contributed by atoms with Crippen LogP contribution in [0.1, 0.15) is 24.4 Å². The second-order valence-corrected chi connectivity index (χ2v) is 5.50. The fourth-order valence-corrected chi connectivity index (χ4v) is 3.52. The van der Waals surface area contributed by atoms with Crippen LogP contribution < -0.4 is 5.32 Å². The highest BCUT2D eigenvalue weighted by Gasteiger charge is 2.25. The molecule has 4 rings (SSSR count). The number of hydrogen-bond donors (Lipinski definition) is 1. The summed E-state index contributed by atoms with van der Waals surface area (Å²) in [4.78, 5) is 0. The Morgan fingerprint density at radius 2 is 1.89 bits per heavy atom. The van der Waals surface area contributed by atoms with Gasteiger partial charge in [0, 0.05) is 22.4 Å². The Bertz CT molecular complexity index is 670. The molecular weight excluding hydrogens is 294 g/mol. The molecule has 1 fully saturated rings. The van der Waals surface area contributed by atoms with Crippen molar-refractivity contribution in [1.82, 2.24) is 5.32 Å². The molecule has 92 valence electrons. The molecule has 1 N–H and O–H groups in total. The van der Waals surface area contributed by atoms with Crippen molar-refractivity contribution in [3.8, 4) is 0 Å². The van der Waals surface area contributed by atoms with Gasteiger partial charge < -0.3 is 14.2 Å². The Kier molecular flexibility index (Phi) is 2.29. The summed E-state index contributed by atoms with van der Waals surface area (Å²) < 4.78 is 12.3. The van der Waals surface area contributed by atoms with Crippen molar-refractivity contribution < 1.29 is 8.83 Å². The molecule has 0 saturated carbocycles. The number of benzene rings is 1. The molecule has 0 aliphatic carbocycles. The van der Waals surface area contributed by atoms with Gasteiger partial charge in [0.1, 0.15) is 11.2 Å². The van der Waals surface area contributed by atoms with E-state index in [2.05, 4.69) is 21.2 Å². The molecule has 3 aromatic rings. The monoisotopic (exact) mass is 305 g/mol. The van der Waals surface area contributed by atoms with Crippen LogP contribution in [0.4, 0.5) is 0 Å². The summed E-state index contributed by atoms with van der Waals surface area (Å²) in [6, 6.07) is 4.38. The molecule has 0 bridgehead atoms. The van der Waals surface area contributed by atoms with Crippen molar-refractivity contribution in [1.29, 1.82) is 0 Å². The summed E-state index contributed by atoms with van der Waals surface area (Å²) >= 11 is 3.61. The van der Waals surface area contributed by atoms with Crippen LogP contribution in [0, 0.1) is 0 Å². The molecule has 0 radical (unpaired) electrons. The van der Waals surface area contributed by atoms with Gasteiger partial charge in [0.15, 0.2) is 0 Å². The number of fused-ring (bicyclic) bond motifs is 2. The predicted octanol–water partition coefficient (Wildman–Crippen LogP) is 4.37. The van der Waals surface area contributed by atoms with Crippen molar-refractivity contribution in [2.24, 2.45) is 0 Å². The number of nitrogens with one attached hydrogen (secondary N) is 1. The average Bonchev–Trinajstić information content (AvgIpc) is 3.11. The van der Waals surface area contributed by atoms with E-state index in [4.69, 9.17) is 8.83 Å². The molecule has 3 heterocycles. The van der Waals surface area contributed by atoms with Gasteiger partial charge in [0.2, 0.25) is 0 Å². The van der Waals surface area contributed by atoms with Crippen LogP contribution in [0.3, 0.4) is 0 Å². The smallest absolute Gasteiger partial charge is 0.149 e. The minimum atomic E-state index is 0.367. The highest BCUT2D eigenvalue weighted by atomic mass is 79.9. The van der Waals surface area contributed by atoms with E-state index in [0.29, 0.717) is 6.04 Å². The predicted molar refractivity (Wildman–Crippen MR) is 73.7 cm³/mol. The minimum absolute atomic E-state index is 0.367. The molecule has 0 spiro atoms. The first kappa shape index (κ1) is 10.6. The lowest BCUT2D eigenvalue weighted by Crippen LogP contribution is -2.13. The van der Waals surface area contributed by atoms with Crippen molar-refractivity contribution in [2.75, 3.05) is 6.54 Å². The number of hydrogen-bond acceptors (Lipinski definition) is 3. The second-order valence-electron chi connectivity index (χ2n) is 4.70. The Morgan fingerprint density at radius 1 is 1.11 bits per heavy atom. The lowest BCUT2D eigenvalue weighted by Gasteiger charge is -2.13. The number of rotatable bonds is 1. The summed E-state index contributed by atoms with van der Waals surface area (Å²) in [6.45, 7) is 1.07. The maximum atomic E-state index is 5.71. The normalized spacial score (nSPS) is 20.2. The first-order valence-electron chi connectivity index (χ1n) is 6.15. The minimum Gasteiger partial charge on any atom is -0.464 e. The van der Waals surface area contributed by atoms with Gasteiger partial charge in [0.05, 0.1) is 17.0 Å². The summed E-state index contributed by atoms with van der Waals surface area (Å²) in [5, 5.41) is 5.77. The van der Waals surface area contributed by atoms with Crippen molar-refractivity contribution in [3.05, 3.63) is 34.7 Å². The zero-order valence-electron chi connectivity index (χ0n) is 9.70. The Balaban J connectivity index is 2.14. The first-order valence-corrected chi connectivity index (χ1v) is 6.94. The van der Waals surface area contributed by atoms with Crippen molar-refractivity contribution in [3.63, 3.8) is 0 Å². The molecule has 1 aromatic carbocycles. The second kappa shape index (κ2) is 3.87. The van der Waals surface area contributed by atoms with E-state index in [1.54, 1.807) is 12.5 Å². The van der Waals surface area contributed by atoms with Gasteiger partial charge in [-0.25, -0.2) is 0 Å². The third kappa shape index (κ3) is 1.33. The molecular formula is C14H12BrNO2. The third-order valence-corrected chi connectivity index (χ3v) is 4.50. The van der Waals surface area contributed by atoms with E-state index in [-0.39, 0.29) is 0 Å². The zero-order chi connectivity index (χ0) is 12.1. The molecule has 18 heavy (non-hydrogen) atoms. The summed E-state index contributed by atoms with van der Waals surface area (Å²) in [5.74, 6) is 0. The molecule has 0 amide bonds. The van der Waals surface area contributed by atoms with Crippen LogP contribution in [0.5, 0.6) is 0 Å². The lowest BCUT2D eigenvalue weighted by molar-refractivity contribution is 0.588. The third-order valence-electron chi connectivity index (χ3n) is 3.71. The maximum Gasteiger partial charge on any atom is 0.149 e. The number of furan rings is 2. The van der Waals surface area contributed by atoms with E-state index >= 15 is 0 Å². The van der Waals surface area contributed by atoms with Gasteiger partial charge in [0.25, 0.3) is 0 Å². The Morgan fingerprint density at radius 3 is 2.67 bits per heavy atom. The van der Waals surface area contributed by atoms with E-state index in [9.17, 15) is 0 Å². The Hall–Kier alpha value is -1.26. The van der Waals surface area contributed by atoms with Crippen molar-refractivity contribution >= 4 is 37.9 Å². The highest BCUT2D eigenvalue weighted by Crippen LogP contribution is 2.41. The average molecular weight is 306 g/mol. The molecule has 1 aliphatic rings. The van der Waals surface area contributed by atoms with E-state index in [1.807, 2.05) is 12.1 Å². The van der Waals surface area contributed by atoms with Crippen LogP contribution in [0.15, 0.2) is 38.0 Å². The highest BCUT2D eigenvalue weighted by molar-refractivity contribution is 9.10.